The van der Waals surface area contributed by atoms with E-state index in [0.717, 1.165) is 0 Å². The lowest BCUT2D eigenvalue weighted by Gasteiger charge is -2.07. The van der Waals surface area contributed by atoms with Gasteiger partial charge in [0.15, 0.2) is 0 Å². The van der Waals surface area contributed by atoms with Crippen molar-refractivity contribution in [2.24, 2.45) is 5.92 Å². The summed E-state index contributed by atoms with van der Waals surface area (Å²) in [4.78, 5) is 21.3. The van der Waals surface area contributed by atoms with Crippen LogP contribution in [0.2, 0.25) is 0 Å². The summed E-state index contributed by atoms with van der Waals surface area (Å²) < 4.78 is 9.82. The maximum Gasteiger partial charge on any atom is 0.513 e. The van der Waals surface area contributed by atoms with Crippen LogP contribution in [0.25, 0.3) is 0 Å². The van der Waals surface area contributed by atoms with Gasteiger partial charge in [-0.15, -0.1) is 0 Å². The van der Waals surface area contributed by atoms with Crippen LogP contribution in [-0.4, -0.2) is 17.7 Å². The average molecular weight is 275 g/mol. The molecule has 1 aromatic carbocycles. The summed E-state index contributed by atoms with van der Waals surface area (Å²) >= 11 is 0. The molecule has 0 saturated carbocycles. The van der Waals surface area contributed by atoms with Crippen LogP contribution in [0, 0.1) is 16.0 Å². The van der Waals surface area contributed by atoms with Crippen molar-refractivity contribution in [2.75, 3.05) is 6.61 Å². The molecule has 6 heteroatoms. The molecule has 0 aliphatic heterocycles. The molecule has 20 heavy (non-hydrogen) atoms. The zero-order valence-corrected chi connectivity index (χ0v) is 10.6. The van der Waals surface area contributed by atoms with Crippen LogP contribution in [0.4, 0.5) is 10.5 Å². The molecule has 6 nitrogen and oxygen atoms in total. The van der Waals surface area contributed by atoms with Crippen LogP contribution >= 0.6 is 0 Å². The van der Waals surface area contributed by atoms with E-state index < -0.39 is 11.1 Å². The third-order valence-corrected chi connectivity index (χ3v) is 2.75. The monoisotopic (exact) mass is 275 g/mol. The van der Waals surface area contributed by atoms with E-state index in [1.54, 1.807) is 0 Å². The second kappa shape index (κ2) is 6.51. The van der Waals surface area contributed by atoms with Crippen molar-refractivity contribution in [1.29, 1.82) is 0 Å². The smallest absolute Gasteiger partial charge is 0.434 e. The first-order valence-corrected chi connectivity index (χ1v) is 6.09. The van der Waals surface area contributed by atoms with Gasteiger partial charge in [-0.3, -0.25) is 10.1 Å². The molecule has 0 saturated heterocycles. The second-order valence-electron chi connectivity index (χ2n) is 4.17. The molecule has 0 heterocycles. The molecule has 0 atom stereocenters. The van der Waals surface area contributed by atoms with Crippen molar-refractivity contribution in [1.82, 2.24) is 0 Å². The van der Waals surface area contributed by atoms with Gasteiger partial charge in [0.25, 0.3) is 5.69 Å². The van der Waals surface area contributed by atoms with Crippen LogP contribution in [0.3, 0.4) is 0 Å². The number of ether oxygens (including phenoxy) is 2. The zero-order chi connectivity index (χ0) is 14.4. The van der Waals surface area contributed by atoms with Crippen molar-refractivity contribution in [2.45, 2.75) is 6.42 Å². The van der Waals surface area contributed by atoms with Gasteiger partial charge < -0.3 is 9.47 Å². The van der Waals surface area contributed by atoms with Crippen LogP contribution < -0.4 is 4.74 Å². The van der Waals surface area contributed by atoms with Gasteiger partial charge in [-0.05, 0) is 24.5 Å². The number of hydrogen-bond acceptors (Lipinski definition) is 5. The molecule has 2 rings (SSSR count). The first kappa shape index (κ1) is 13.8. The fourth-order valence-electron chi connectivity index (χ4n) is 1.71. The van der Waals surface area contributed by atoms with Crippen LogP contribution in [-0.2, 0) is 4.74 Å². The van der Waals surface area contributed by atoms with E-state index in [1.807, 2.05) is 24.3 Å². The van der Waals surface area contributed by atoms with E-state index in [2.05, 4.69) is 0 Å². The Bertz CT molecular complexity index is 535. The van der Waals surface area contributed by atoms with Crippen molar-refractivity contribution >= 4 is 11.8 Å². The number of carbonyl (C=O) groups is 1. The fourth-order valence-corrected chi connectivity index (χ4v) is 1.71. The van der Waals surface area contributed by atoms with E-state index in [-0.39, 0.29) is 18.0 Å². The Labute approximate surface area is 115 Å². The molecule has 1 aromatic rings. The standard InChI is InChI=1S/C14H13NO5/c16-14(19-10-9-11-3-1-2-4-11)20-13-7-5-12(6-8-13)15(17)18/h1-8,11H,9-10H2. The minimum Gasteiger partial charge on any atom is -0.434 e. The quantitative estimate of drug-likeness (QED) is 0.357. The van der Waals surface area contributed by atoms with Crippen molar-refractivity contribution in [3.05, 3.63) is 58.7 Å². The van der Waals surface area contributed by atoms with Gasteiger partial charge in [-0.1, -0.05) is 24.3 Å². The summed E-state index contributed by atoms with van der Waals surface area (Å²) in [6.07, 6.45) is 7.81. The molecule has 0 bridgehead atoms. The van der Waals surface area contributed by atoms with Crippen molar-refractivity contribution < 1.29 is 19.2 Å². The van der Waals surface area contributed by atoms with Gasteiger partial charge in [-0.25, -0.2) is 4.79 Å². The highest BCUT2D eigenvalue weighted by Gasteiger charge is 2.10. The van der Waals surface area contributed by atoms with Gasteiger partial charge in [0, 0.05) is 12.1 Å². The summed E-state index contributed by atoms with van der Waals surface area (Å²) in [5.74, 6) is 0.503. The van der Waals surface area contributed by atoms with Crippen molar-refractivity contribution in [3.8, 4) is 5.75 Å². The highest BCUT2D eigenvalue weighted by molar-refractivity contribution is 5.63. The Balaban J connectivity index is 1.74. The maximum absolute atomic E-state index is 11.4. The number of nitrogens with zero attached hydrogens (tertiary/aromatic N) is 1. The third-order valence-electron chi connectivity index (χ3n) is 2.75. The Morgan fingerprint density at radius 1 is 1.20 bits per heavy atom. The summed E-state index contributed by atoms with van der Waals surface area (Å²) in [6.45, 7) is 0.255. The molecular formula is C14H13NO5. The lowest BCUT2D eigenvalue weighted by atomic mass is 10.1. The van der Waals surface area contributed by atoms with Crippen LogP contribution in [0.5, 0.6) is 5.75 Å². The van der Waals surface area contributed by atoms with E-state index in [4.69, 9.17) is 9.47 Å². The molecule has 0 aromatic heterocycles. The number of benzene rings is 1. The Hall–Kier alpha value is -2.63. The molecule has 0 unspecified atom stereocenters. The van der Waals surface area contributed by atoms with E-state index >= 15 is 0 Å². The minimum absolute atomic E-state index is 0.0643. The average Bonchev–Trinajstić information content (AvgIpc) is 2.92. The Morgan fingerprint density at radius 2 is 1.85 bits per heavy atom. The summed E-state index contributed by atoms with van der Waals surface area (Å²) in [5.41, 5.74) is -0.0643. The lowest BCUT2D eigenvalue weighted by Crippen LogP contribution is -2.12. The predicted molar refractivity (Wildman–Crippen MR) is 71.5 cm³/mol. The molecule has 0 N–H and O–H groups in total. The molecule has 1 aliphatic rings. The summed E-state index contributed by atoms with van der Waals surface area (Å²) in [7, 11) is 0. The fraction of sp³-hybridized carbons (Fsp3) is 0.214. The molecule has 0 fully saturated rings. The lowest BCUT2D eigenvalue weighted by molar-refractivity contribution is -0.384. The molecular weight excluding hydrogens is 262 g/mol. The van der Waals surface area contributed by atoms with Crippen LogP contribution in [0.15, 0.2) is 48.6 Å². The summed E-state index contributed by atoms with van der Waals surface area (Å²) in [5, 5.41) is 10.5. The molecule has 104 valence electrons. The zero-order valence-electron chi connectivity index (χ0n) is 10.6. The van der Waals surface area contributed by atoms with Gasteiger partial charge in [0.2, 0.25) is 0 Å². The number of hydrogen-bond donors (Lipinski definition) is 0. The SMILES string of the molecule is O=C(OCCC1C=CC=C1)Oc1ccc([N+](=O)[O-])cc1. The first-order valence-electron chi connectivity index (χ1n) is 6.09. The number of non-ortho nitro benzene ring substituents is 1. The number of carbonyl (C=O) groups excluding carboxylic acids is 1. The minimum atomic E-state index is -0.815. The number of allylic oxidation sites excluding steroid dienone is 4. The third kappa shape index (κ3) is 3.94. The topological polar surface area (TPSA) is 78.7 Å². The molecule has 1 aliphatic carbocycles. The predicted octanol–water partition coefficient (Wildman–Crippen LogP) is 3.24. The van der Waals surface area contributed by atoms with Gasteiger partial charge in [0.05, 0.1) is 11.5 Å². The maximum atomic E-state index is 11.4. The van der Waals surface area contributed by atoms with E-state index in [0.29, 0.717) is 12.3 Å². The summed E-state index contributed by atoms with van der Waals surface area (Å²) in [6, 6.07) is 5.22. The largest absolute Gasteiger partial charge is 0.513 e. The highest BCUT2D eigenvalue weighted by atomic mass is 16.7. The second-order valence-corrected chi connectivity index (χ2v) is 4.17. The first-order chi connectivity index (χ1) is 9.65. The van der Waals surface area contributed by atoms with Crippen LogP contribution in [0.1, 0.15) is 6.42 Å². The molecule has 0 spiro atoms. The van der Waals surface area contributed by atoms with Crippen molar-refractivity contribution in [3.63, 3.8) is 0 Å². The number of rotatable bonds is 5. The van der Waals surface area contributed by atoms with Gasteiger partial charge in [-0.2, -0.15) is 0 Å². The highest BCUT2D eigenvalue weighted by Crippen LogP contribution is 2.18. The normalized spacial score (nSPS) is 13.4. The van der Waals surface area contributed by atoms with E-state index in [9.17, 15) is 14.9 Å². The Kier molecular flexibility index (Phi) is 4.49. The number of nitro benzene ring substituents is 1. The molecule has 0 amide bonds. The van der Waals surface area contributed by atoms with E-state index in [1.165, 1.54) is 24.3 Å². The Morgan fingerprint density at radius 3 is 2.45 bits per heavy atom. The molecule has 0 radical (unpaired) electrons. The van der Waals surface area contributed by atoms with Gasteiger partial charge >= 0.3 is 6.16 Å². The number of nitro groups is 1. The van der Waals surface area contributed by atoms with Gasteiger partial charge in [0.1, 0.15) is 5.75 Å².